The van der Waals surface area contributed by atoms with Crippen LogP contribution in [0.2, 0.25) is 0 Å². The van der Waals surface area contributed by atoms with Crippen molar-refractivity contribution in [3.63, 3.8) is 0 Å². The highest BCUT2D eigenvalue weighted by atomic mass is 16.5. The third kappa shape index (κ3) is 2.03. The normalized spacial score (nSPS) is 11.3. The molecule has 0 unspecified atom stereocenters. The number of fused-ring (bicyclic) bond motifs is 1. The van der Waals surface area contributed by atoms with Crippen molar-refractivity contribution in [3.8, 4) is 11.7 Å². The van der Waals surface area contributed by atoms with Crippen LogP contribution >= 0.6 is 0 Å². The van der Waals surface area contributed by atoms with Crippen molar-refractivity contribution in [1.29, 1.82) is 0 Å². The van der Waals surface area contributed by atoms with Gasteiger partial charge in [-0.25, -0.2) is 0 Å². The van der Waals surface area contributed by atoms with Crippen LogP contribution in [-0.2, 0) is 6.42 Å². The van der Waals surface area contributed by atoms with Gasteiger partial charge in [0.15, 0.2) is 11.6 Å². The molecule has 0 fully saturated rings. The van der Waals surface area contributed by atoms with Crippen molar-refractivity contribution in [2.24, 2.45) is 0 Å². The maximum Gasteiger partial charge on any atom is 0.293 e. The number of hydrogen-bond donors (Lipinski definition) is 0. The second-order valence-corrected chi connectivity index (χ2v) is 4.78. The Morgan fingerprint density at radius 3 is 2.74 bits per heavy atom. The summed E-state index contributed by atoms with van der Waals surface area (Å²) in [6.07, 6.45) is 2.22. The first kappa shape index (κ1) is 12.0. The summed E-state index contributed by atoms with van der Waals surface area (Å²) < 4.78 is 11.0. The van der Waals surface area contributed by atoms with Crippen LogP contribution in [0.3, 0.4) is 0 Å². The molecule has 1 aromatic carbocycles. The van der Waals surface area contributed by atoms with Gasteiger partial charge in [-0.15, -0.1) is 0 Å². The van der Waals surface area contributed by atoms with E-state index in [1.165, 1.54) is 5.56 Å². The van der Waals surface area contributed by atoms with Crippen LogP contribution in [0.15, 0.2) is 27.1 Å². The third-order valence-electron chi connectivity index (χ3n) is 3.26. The number of benzene rings is 1. The molecule has 0 N–H and O–H groups in total. The Labute approximate surface area is 111 Å². The molecule has 0 spiro atoms. The van der Waals surface area contributed by atoms with Crippen LogP contribution in [0.4, 0.5) is 0 Å². The van der Waals surface area contributed by atoms with Crippen molar-refractivity contribution in [2.45, 2.75) is 33.6 Å². The molecule has 2 aromatic heterocycles. The summed E-state index contributed by atoms with van der Waals surface area (Å²) in [6.45, 7) is 6.00. The van der Waals surface area contributed by atoms with Gasteiger partial charge in [0.25, 0.3) is 5.89 Å². The van der Waals surface area contributed by atoms with E-state index in [1.54, 1.807) is 6.92 Å². The Balaban J connectivity index is 2.14. The molecule has 0 saturated heterocycles. The highest BCUT2D eigenvalue weighted by Gasteiger charge is 2.17. The van der Waals surface area contributed by atoms with E-state index in [2.05, 4.69) is 29.2 Å². The van der Waals surface area contributed by atoms with E-state index >= 15 is 0 Å². The first-order valence-corrected chi connectivity index (χ1v) is 6.51. The van der Waals surface area contributed by atoms with E-state index in [-0.39, 0.29) is 0 Å². The van der Waals surface area contributed by atoms with Gasteiger partial charge in [-0.1, -0.05) is 24.6 Å². The lowest BCUT2D eigenvalue weighted by Gasteiger charge is -1.97. The molecule has 0 saturated carbocycles. The molecule has 2 heterocycles. The van der Waals surface area contributed by atoms with E-state index in [0.29, 0.717) is 17.5 Å². The number of hydrogen-bond acceptors (Lipinski definition) is 4. The third-order valence-corrected chi connectivity index (χ3v) is 3.26. The largest absolute Gasteiger partial charge is 0.451 e. The molecule has 0 aliphatic heterocycles. The second-order valence-electron chi connectivity index (χ2n) is 4.78. The molecule has 19 heavy (non-hydrogen) atoms. The fourth-order valence-corrected chi connectivity index (χ4v) is 2.31. The predicted octanol–water partition coefficient (Wildman–Crippen LogP) is 4.05. The fourth-order valence-electron chi connectivity index (χ4n) is 2.31. The number of furan rings is 1. The zero-order valence-electron chi connectivity index (χ0n) is 11.4. The topological polar surface area (TPSA) is 52.1 Å². The average molecular weight is 256 g/mol. The monoisotopic (exact) mass is 256 g/mol. The molecule has 0 aliphatic rings. The van der Waals surface area contributed by atoms with Gasteiger partial charge in [0.2, 0.25) is 0 Å². The lowest BCUT2D eigenvalue weighted by atomic mass is 10.1. The summed E-state index contributed by atoms with van der Waals surface area (Å²) in [6, 6.07) is 6.31. The molecule has 0 atom stereocenters. The van der Waals surface area contributed by atoms with E-state index in [0.717, 1.165) is 29.4 Å². The Morgan fingerprint density at radius 1 is 1.21 bits per heavy atom. The van der Waals surface area contributed by atoms with Crippen LogP contribution in [0.5, 0.6) is 0 Å². The Kier molecular flexibility index (Phi) is 2.85. The van der Waals surface area contributed by atoms with Crippen LogP contribution in [0, 0.1) is 13.8 Å². The molecule has 3 aromatic rings. The average Bonchev–Trinajstić information content (AvgIpc) is 2.95. The Hall–Kier alpha value is -2.10. The molecule has 0 amide bonds. The Morgan fingerprint density at radius 2 is 2.05 bits per heavy atom. The first-order chi connectivity index (χ1) is 9.19. The van der Waals surface area contributed by atoms with Gasteiger partial charge in [-0.2, -0.15) is 4.98 Å². The van der Waals surface area contributed by atoms with E-state index < -0.39 is 0 Å². The van der Waals surface area contributed by atoms with E-state index in [1.807, 2.05) is 13.0 Å². The lowest BCUT2D eigenvalue weighted by Crippen LogP contribution is -1.82. The van der Waals surface area contributed by atoms with Crippen LogP contribution in [0.25, 0.3) is 22.6 Å². The van der Waals surface area contributed by atoms with Crippen molar-refractivity contribution >= 4 is 11.0 Å². The summed E-state index contributed by atoms with van der Waals surface area (Å²) in [7, 11) is 0. The molecule has 4 heteroatoms. The molecule has 0 aliphatic carbocycles. The minimum Gasteiger partial charge on any atom is -0.451 e. The maximum atomic E-state index is 5.84. The predicted molar refractivity (Wildman–Crippen MR) is 73.0 cm³/mol. The van der Waals surface area contributed by atoms with Gasteiger partial charge in [0, 0.05) is 10.9 Å². The van der Waals surface area contributed by atoms with Crippen molar-refractivity contribution in [2.75, 3.05) is 0 Å². The molecule has 0 radical (unpaired) electrons. The number of aryl methyl sites for hydroxylation is 3. The smallest absolute Gasteiger partial charge is 0.293 e. The number of aromatic nitrogens is 2. The molecule has 4 nitrogen and oxygen atoms in total. The minimum atomic E-state index is 0.447. The van der Waals surface area contributed by atoms with Crippen molar-refractivity contribution in [3.05, 3.63) is 35.2 Å². The highest BCUT2D eigenvalue weighted by molar-refractivity contribution is 5.86. The maximum absolute atomic E-state index is 5.84. The van der Waals surface area contributed by atoms with Crippen molar-refractivity contribution < 1.29 is 8.94 Å². The summed E-state index contributed by atoms with van der Waals surface area (Å²) in [5.41, 5.74) is 3.24. The Bertz CT molecular complexity index is 725. The first-order valence-electron chi connectivity index (χ1n) is 6.51. The van der Waals surface area contributed by atoms with Crippen molar-refractivity contribution in [1.82, 2.24) is 10.1 Å². The van der Waals surface area contributed by atoms with Gasteiger partial charge >= 0.3 is 0 Å². The molecule has 3 rings (SSSR count). The van der Waals surface area contributed by atoms with E-state index in [9.17, 15) is 0 Å². The van der Waals surface area contributed by atoms with Gasteiger partial charge < -0.3 is 8.94 Å². The SMILES string of the molecule is CCCc1ccc2oc(-c3nc(C)no3)c(C)c2c1. The fraction of sp³-hybridized carbons (Fsp3) is 0.333. The van der Waals surface area contributed by atoms with Crippen LogP contribution < -0.4 is 0 Å². The van der Waals surface area contributed by atoms with E-state index in [4.69, 9.17) is 8.94 Å². The van der Waals surface area contributed by atoms with Gasteiger partial charge in [0.1, 0.15) is 5.58 Å². The highest BCUT2D eigenvalue weighted by Crippen LogP contribution is 2.32. The van der Waals surface area contributed by atoms with Gasteiger partial charge in [-0.05, 0) is 38.0 Å². The van der Waals surface area contributed by atoms with Crippen LogP contribution in [0.1, 0.15) is 30.3 Å². The summed E-state index contributed by atoms with van der Waals surface area (Å²) in [5, 5.41) is 4.93. The molecular weight excluding hydrogens is 240 g/mol. The summed E-state index contributed by atoms with van der Waals surface area (Å²) >= 11 is 0. The number of nitrogens with zero attached hydrogens (tertiary/aromatic N) is 2. The standard InChI is InChI=1S/C15H16N2O2/c1-4-5-11-6-7-13-12(8-11)9(2)14(18-13)15-16-10(3)17-19-15/h6-8H,4-5H2,1-3H3. The molecule has 98 valence electrons. The lowest BCUT2D eigenvalue weighted by molar-refractivity contribution is 0.414. The summed E-state index contributed by atoms with van der Waals surface area (Å²) in [5.74, 6) is 1.73. The van der Waals surface area contributed by atoms with Crippen LogP contribution in [-0.4, -0.2) is 10.1 Å². The zero-order chi connectivity index (χ0) is 13.4. The van der Waals surface area contributed by atoms with Gasteiger partial charge in [0.05, 0.1) is 0 Å². The summed E-state index contributed by atoms with van der Waals surface area (Å²) in [4.78, 5) is 4.22. The molecular formula is C15H16N2O2. The number of rotatable bonds is 3. The molecule has 0 bridgehead atoms. The van der Waals surface area contributed by atoms with Gasteiger partial charge in [-0.3, -0.25) is 0 Å². The minimum absolute atomic E-state index is 0.447. The second kappa shape index (κ2) is 4.53. The zero-order valence-corrected chi connectivity index (χ0v) is 11.4. The quantitative estimate of drug-likeness (QED) is 0.709.